The van der Waals surface area contributed by atoms with E-state index in [-0.39, 0.29) is 11.6 Å². The predicted molar refractivity (Wildman–Crippen MR) is 66.3 cm³/mol. The van der Waals surface area contributed by atoms with E-state index < -0.39 is 0 Å². The molecule has 0 spiro atoms. The lowest BCUT2D eigenvalue weighted by molar-refractivity contribution is -0.153. The van der Waals surface area contributed by atoms with Crippen molar-refractivity contribution >= 4 is 17.7 Å². The molecule has 4 heteroatoms. The molecule has 0 aliphatic carbocycles. The lowest BCUT2D eigenvalue weighted by Crippen LogP contribution is -2.31. The molecule has 0 aliphatic rings. The summed E-state index contributed by atoms with van der Waals surface area (Å²) in [5.41, 5.74) is -0.377. The van der Waals surface area contributed by atoms with Crippen LogP contribution in [0.3, 0.4) is 0 Å². The molecule has 0 amide bonds. The summed E-state index contributed by atoms with van der Waals surface area (Å²) >= 11 is 1.85. The van der Waals surface area contributed by atoms with Crippen LogP contribution < -0.4 is 5.32 Å². The van der Waals surface area contributed by atoms with E-state index >= 15 is 0 Å². The normalized spacial score (nSPS) is 11.5. The third-order valence-corrected chi connectivity index (χ3v) is 2.34. The Morgan fingerprint density at radius 1 is 1.33 bits per heavy atom. The van der Waals surface area contributed by atoms with Crippen molar-refractivity contribution in [3.8, 4) is 0 Å². The Labute approximate surface area is 97.3 Å². The van der Waals surface area contributed by atoms with E-state index in [0.717, 1.165) is 13.0 Å². The third kappa shape index (κ3) is 11.7. The van der Waals surface area contributed by atoms with Crippen molar-refractivity contribution in [1.29, 1.82) is 0 Å². The molecule has 0 unspecified atom stereocenters. The second-order valence-corrected chi connectivity index (χ2v) is 5.45. The van der Waals surface area contributed by atoms with E-state index in [0.29, 0.717) is 6.54 Å². The minimum absolute atomic E-state index is 0.174. The fourth-order valence-corrected chi connectivity index (χ4v) is 1.56. The number of hydrogen-bond donors (Lipinski definition) is 1. The van der Waals surface area contributed by atoms with E-state index in [1.807, 2.05) is 32.5 Å². The van der Waals surface area contributed by atoms with Crippen LogP contribution in [0.15, 0.2) is 0 Å². The molecule has 0 bridgehead atoms. The topological polar surface area (TPSA) is 38.3 Å². The average molecular weight is 233 g/mol. The van der Waals surface area contributed by atoms with E-state index in [1.165, 1.54) is 12.2 Å². The second kappa shape index (κ2) is 7.99. The zero-order valence-electron chi connectivity index (χ0n) is 10.3. The highest BCUT2D eigenvalue weighted by Gasteiger charge is 2.15. The molecule has 0 aromatic carbocycles. The maximum absolute atomic E-state index is 11.3. The van der Waals surface area contributed by atoms with Gasteiger partial charge in [-0.1, -0.05) is 0 Å². The largest absolute Gasteiger partial charge is 0.459 e. The van der Waals surface area contributed by atoms with Gasteiger partial charge < -0.3 is 10.1 Å². The van der Waals surface area contributed by atoms with Crippen LogP contribution in [0.4, 0.5) is 0 Å². The smallest absolute Gasteiger partial charge is 0.320 e. The van der Waals surface area contributed by atoms with Gasteiger partial charge in [0.15, 0.2) is 0 Å². The fourth-order valence-electron chi connectivity index (χ4n) is 1.06. The SMILES string of the molecule is CSCCCCNCC(=O)OC(C)(C)C. The molecular weight excluding hydrogens is 210 g/mol. The van der Waals surface area contributed by atoms with Gasteiger partial charge >= 0.3 is 5.97 Å². The molecule has 1 N–H and O–H groups in total. The fraction of sp³-hybridized carbons (Fsp3) is 0.909. The highest BCUT2D eigenvalue weighted by atomic mass is 32.2. The van der Waals surface area contributed by atoms with Crippen molar-refractivity contribution in [3.05, 3.63) is 0 Å². The number of carbonyl (C=O) groups is 1. The summed E-state index contributed by atoms with van der Waals surface area (Å²) in [6.45, 7) is 6.84. The number of hydrogen-bond acceptors (Lipinski definition) is 4. The first-order valence-corrected chi connectivity index (χ1v) is 6.76. The average Bonchev–Trinajstić information content (AvgIpc) is 2.08. The number of unbranched alkanes of at least 4 members (excludes halogenated alkanes) is 1. The summed E-state index contributed by atoms with van der Waals surface area (Å²) < 4.78 is 5.16. The Hall–Kier alpha value is -0.220. The van der Waals surface area contributed by atoms with Gasteiger partial charge in [-0.3, -0.25) is 4.79 Å². The zero-order chi connectivity index (χ0) is 11.7. The molecule has 0 heterocycles. The molecule has 0 radical (unpaired) electrons. The Morgan fingerprint density at radius 2 is 2.00 bits per heavy atom. The first kappa shape index (κ1) is 14.8. The quantitative estimate of drug-likeness (QED) is 0.539. The molecule has 0 fully saturated rings. The maximum atomic E-state index is 11.3. The molecule has 0 rings (SSSR count). The number of carbonyl (C=O) groups excluding carboxylic acids is 1. The molecule has 0 aliphatic heterocycles. The molecule has 90 valence electrons. The summed E-state index contributed by atoms with van der Waals surface area (Å²) in [5, 5.41) is 3.08. The zero-order valence-corrected chi connectivity index (χ0v) is 11.1. The van der Waals surface area contributed by atoms with E-state index in [2.05, 4.69) is 11.6 Å². The van der Waals surface area contributed by atoms with Gasteiger partial charge in [0, 0.05) is 0 Å². The molecule has 0 saturated carbocycles. The summed E-state index contributed by atoms with van der Waals surface area (Å²) in [7, 11) is 0. The van der Waals surface area contributed by atoms with Gasteiger partial charge in [0.1, 0.15) is 5.60 Å². The van der Waals surface area contributed by atoms with Crippen molar-refractivity contribution in [2.75, 3.05) is 25.1 Å². The van der Waals surface area contributed by atoms with Gasteiger partial charge in [-0.15, -0.1) is 0 Å². The summed E-state index contributed by atoms with van der Waals surface area (Å²) in [6, 6.07) is 0. The van der Waals surface area contributed by atoms with Crippen molar-refractivity contribution in [3.63, 3.8) is 0 Å². The number of thioether (sulfide) groups is 1. The van der Waals surface area contributed by atoms with E-state index in [9.17, 15) is 4.79 Å². The van der Waals surface area contributed by atoms with Gasteiger partial charge in [0.2, 0.25) is 0 Å². The molecule has 0 aromatic rings. The van der Waals surface area contributed by atoms with Crippen LogP contribution in [0.1, 0.15) is 33.6 Å². The van der Waals surface area contributed by atoms with Gasteiger partial charge in [-0.25, -0.2) is 0 Å². The van der Waals surface area contributed by atoms with Gasteiger partial charge in [-0.2, -0.15) is 11.8 Å². The van der Waals surface area contributed by atoms with Crippen LogP contribution >= 0.6 is 11.8 Å². The van der Waals surface area contributed by atoms with Crippen LogP contribution in [-0.4, -0.2) is 36.7 Å². The predicted octanol–water partition coefficient (Wildman–Crippen LogP) is 2.06. The lowest BCUT2D eigenvalue weighted by atomic mass is 10.2. The summed E-state index contributed by atoms with van der Waals surface area (Å²) in [6.07, 6.45) is 4.42. The van der Waals surface area contributed by atoms with Crippen LogP contribution in [-0.2, 0) is 9.53 Å². The van der Waals surface area contributed by atoms with E-state index in [1.54, 1.807) is 0 Å². The Kier molecular flexibility index (Phi) is 7.88. The van der Waals surface area contributed by atoms with Crippen LogP contribution in [0, 0.1) is 0 Å². The Morgan fingerprint density at radius 3 is 2.53 bits per heavy atom. The van der Waals surface area contributed by atoms with Gasteiger partial charge in [0.05, 0.1) is 6.54 Å². The molecule has 0 saturated heterocycles. The minimum atomic E-state index is -0.377. The first-order valence-electron chi connectivity index (χ1n) is 5.37. The molecule has 3 nitrogen and oxygen atoms in total. The second-order valence-electron chi connectivity index (χ2n) is 4.46. The maximum Gasteiger partial charge on any atom is 0.320 e. The Balaban J connectivity index is 3.32. The van der Waals surface area contributed by atoms with Gasteiger partial charge in [0.25, 0.3) is 0 Å². The Bertz CT molecular complexity index is 178. The third-order valence-electron chi connectivity index (χ3n) is 1.64. The van der Waals surface area contributed by atoms with Crippen molar-refractivity contribution in [2.24, 2.45) is 0 Å². The minimum Gasteiger partial charge on any atom is -0.459 e. The monoisotopic (exact) mass is 233 g/mol. The number of rotatable bonds is 7. The number of ether oxygens (including phenoxy) is 1. The summed E-state index contributed by atoms with van der Waals surface area (Å²) in [4.78, 5) is 11.3. The van der Waals surface area contributed by atoms with Crippen LogP contribution in [0.25, 0.3) is 0 Å². The van der Waals surface area contributed by atoms with Gasteiger partial charge in [-0.05, 0) is 52.2 Å². The number of esters is 1. The van der Waals surface area contributed by atoms with Crippen molar-refractivity contribution < 1.29 is 9.53 Å². The van der Waals surface area contributed by atoms with Crippen molar-refractivity contribution in [1.82, 2.24) is 5.32 Å². The lowest BCUT2D eigenvalue weighted by Gasteiger charge is -2.19. The molecular formula is C11H23NO2S. The van der Waals surface area contributed by atoms with Crippen molar-refractivity contribution in [2.45, 2.75) is 39.2 Å². The first-order chi connectivity index (χ1) is 6.95. The van der Waals surface area contributed by atoms with E-state index in [4.69, 9.17) is 4.74 Å². The molecule has 0 aromatic heterocycles. The standard InChI is InChI=1S/C11H23NO2S/c1-11(2,3)14-10(13)9-12-7-5-6-8-15-4/h12H,5-9H2,1-4H3. The summed E-state index contributed by atoms with van der Waals surface area (Å²) in [5.74, 6) is 1.01. The molecule has 15 heavy (non-hydrogen) atoms. The van der Waals surface area contributed by atoms with Crippen LogP contribution in [0.5, 0.6) is 0 Å². The highest BCUT2D eigenvalue weighted by Crippen LogP contribution is 2.06. The molecule has 0 atom stereocenters. The van der Waals surface area contributed by atoms with Crippen LogP contribution in [0.2, 0.25) is 0 Å². The number of nitrogens with one attached hydrogen (secondary N) is 1. The highest BCUT2D eigenvalue weighted by molar-refractivity contribution is 7.98.